The van der Waals surface area contributed by atoms with Gasteiger partial charge in [0, 0.05) is 32.2 Å². The fourth-order valence-corrected chi connectivity index (χ4v) is 2.38. The third-order valence-corrected chi connectivity index (χ3v) is 3.58. The molecule has 0 aliphatic carbocycles. The standard InChI is InChI=1S/C14H16N6O3/c21-14(11-2-4-13(17-11)20(22)23)18-12-3-1-10(9-16-12)19-7-5-15-6-8-19/h1-4,9,15,17H,5-8H2,(H,16,18,21). The van der Waals surface area contributed by atoms with E-state index in [0.29, 0.717) is 5.82 Å². The highest BCUT2D eigenvalue weighted by Gasteiger charge is 2.16. The second-order valence-electron chi connectivity index (χ2n) is 5.11. The molecule has 1 aliphatic rings. The second kappa shape index (κ2) is 6.44. The molecule has 0 unspecified atom stereocenters. The highest BCUT2D eigenvalue weighted by Crippen LogP contribution is 2.16. The van der Waals surface area contributed by atoms with Crippen LogP contribution in [0.3, 0.4) is 0 Å². The predicted octanol–water partition coefficient (Wildman–Crippen LogP) is 0.980. The summed E-state index contributed by atoms with van der Waals surface area (Å²) in [5.41, 5.74) is 1.12. The molecule has 23 heavy (non-hydrogen) atoms. The lowest BCUT2D eigenvalue weighted by Gasteiger charge is -2.29. The molecule has 3 N–H and O–H groups in total. The van der Waals surface area contributed by atoms with E-state index in [4.69, 9.17) is 0 Å². The Balaban J connectivity index is 1.65. The minimum absolute atomic E-state index is 0.115. The zero-order valence-electron chi connectivity index (χ0n) is 12.3. The van der Waals surface area contributed by atoms with Crippen molar-refractivity contribution in [2.24, 2.45) is 0 Å². The number of aromatic nitrogens is 2. The number of hydrogen-bond donors (Lipinski definition) is 3. The van der Waals surface area contributed by atoms with E-state index in [1.165, 1.54) is 12.1 Å². The fourth-order valence-electron chi connectivity index (χ4n) is 2.38. The average molecular weight is 316 g/mol. The molecule has 9 heteroatoms. The minimum atomic E-state index is -0.586. The highest BCUT2D eigenvalue weighted by molar-refractivity contribution is 6.02. The number of hydrogen-bond acceptors (Lipinski definition) is 6. The van der Waals surface area contributed by atoms with Crippen molar-refractivity contribution < 1.29 is 9.72 Å². The molecule has 2 aromatic heterocycles. The zero-order chi connectivity index (χ0) is 16.2. The van der Waals surface area contributed by atoms with E-state index in [-0.39, 0.29) is 11.5 Å². The molecule has 3 rings (SSSR count). The van der Waals surface area contributed by atoms with Gasteiger partial charge >= 0.3 is 5.82 Å². The van der Waals surface area contributed by atoms with Crippen LogP contribution in [0, 0.1) is 10.1 Å². The predicted molar refractivity (Wildman–Crippen MR) is 84.7 cm³/mol. The maximum Gasteiger partial charge on any atom is 0.321 e. The van der Waals surface area contributed by atoms with E-state index in [2.05, 4.69) is 25.5 Å². The van der Waals surface area contributed by atoms with Crippen molar-refractivity contribution in [1.29, 1.82) is 0 Å². The number of carbonyl (C=O) groups is 1. The third kappa shape index (κ3) is 3.46. The van der Waals surface area contributed by atoms with Crippen LogP contribution in [0.5, 0.6) is 0 Å². The monoisotopic (exact) mass is 316 g/mol. The summed E-state index contributed by atoms with van der Waals surface area (Å²) in [5.74, 6) is -0.302. The van der Waals surface area contributed by atoms with Gasteiger partial charge in [0.25, 0.3) is 5.91 Å². The van der Waals surface area contributed by atoms with Crippen LogP contribution >= 0.6 is 0 Å². The van der Waals surface area contributed by atoms with E-state index in [1.54, 1.807) is 12.3 Å². The Bertz CT molecular complexity index is 706. The number of nitrogens with zero attached hydrogens (tertiary/aromatic N) is 3. The molecule has 0 aromatic carbocycles. The van der Waals surface area contributed by atoms with E-state index in [0.717, 1.165) is 31.9 Å². The summed E-state index contributed by atoms with van der Waals surface area (Å²) >= 11 is 0. The molecule has 120 valence electrons. The molecule has 1 saturated heterocycles. The number of nitrogens with one attached hydrogen (secondary N) is 3. The summed E-state index contributed by atoms with van der Waals surface area (Å²) < 4.78 is 0. The highest BCUT2D eigenvalue weighted by atomic mass is 16.6. The van der Waals surface area contributed by atoms with Gasteiger partial charge in [0.15, 0.2) is 5.69 Å². The maximum atomic E-state index is 12.0. The summed E-state index contributed by atoms with van der Waals surface area (Å²) in [4.78, 5) is 30.9. The molecule has 0 atom stereocenters. The van der Waals surface area contributed by atoms with E-state index < -0.39 is 10.8 Å². The van der Waals surface area contributed by atoms with Crippen LogP contribution < -0.4 is 15.5 Å². The quantitative estimate of drug-likeness (QED) is 0.572. The summed E-state index contributed by atoms with van der Waals surface area (Å²) in [6, 6.07) is 6.22. The van der Waals surface area contributed by atoms with Crippen molar-refractivity contribution in [3.63, 3.8) is 0 Å². The number of rotatable bonds is 4. The number of H-pyrrole nitrogens is 1. The van der Waals surface area contributed by atoms with Crippen molar-refractivity contribution in [3.8, 4) is 0 Å². The van der Waals surface area contributed by atoms with Gasteiger partial charge in [-0.15, -0.1) is 0 Å². The first-order valence-electron chi connectivity index (χ1n) is 7.20. The number of carbonyl (C=O) groups excluding carboxylic acids is 1. The Morgan fingerprint density at radius 2 is 2.04 bits per heavy atom. The van der Waals surface area contributed by atoms with Gasteiger partial charge in [-0.1, -0.05) is 0 Å². The number of amides is 1. The van der Waals surface area contributed by atoms with E-state index >= 15 is 0 Å². The van der Waals surface area contributed by atoms with Gasteiger partial charge in [0.2, 0.25) is 0 Å². The van der Waals surface area contributed by atoms with E-state index in [9.17, 15) is 14.9 Å². The number of pyridine rings is 1. The number of anilines is 2. The number of piperazine rings is 1. The first-order valence-corrected chi connectivity index (χ1v) is 7.20. The third-order valence-electron chi connectivity index (χ3n) is 3.58. The van der Waals surface area contributed by atoms with Crippen molar-refractivity contribution in [1.82, 2.24) is 15.3 Å². The molecule has 0 spiro atoms. The van der Waals surface area contributed by atoms with Gasteiger partial charge in [-0.3, -0.25) is 4.79 Å². The first kappa shape index (κ1) is 15.0. The number of aromatic amines is 1. The van der Waals surface area contributed by atoms with Gasteiger partial charge in [-0.25, -0.2) is 9.97 Å². The lowest BCUT2D eigenvalue weighted by molar-refractivity contribution is -0.389. The molecule has 1 fully saturated rings. The molecular weight excluding hydrogens is 300 g/mol. The summed E-state index contributed by atoms with van der Waals surface area (Å²) in [7, 11) is 0. The second-order valence-corrected chi connectivity index (χ2v) is 5.11. The van der Waals surface area contributed by atoms with Crippen molar-refractivity contribution in [2.45, 2.75) is 0 Å². The molecular formula is C14H16N6O3. The Morgan fingerprint density at radius 1 is 1.26 bits per heavy atom. The van der Waals surface area contributed by atoms with Crippen LogP contribution in [0.4, 0.5) is 17.3 Å². The van der Waals surface area contributed by atoms with Crippen LogP contribution in [-0.2, 0) is 0 Å². The Morgan fingerprint density at radius 3 is 2.65 bits per heavy atom. The first-order chi connectivity index (χ1) is 11.1. The van der Waals surface area contributed by atoms with E-state index in [1.807, 2.05) is 6.07 Å². The molecule has 3 heterocycles. The average Bonchev–Trinajstić information content (AvgIpc) is 3.07. The summed E-state index contributed by atoms with van der Waals surface area (Å²) in [5, 5.41) is 16.5. The van der Waals surface area contributed by atoms with Crippen molar-refractivity contribution >= 4 is 23.2 Å². The van der Waals surface area contributed by atoms with Crippen molar-refractivity contribution in [3.05, 3.63) is 46.3 Å². The summed E-state index contributed by atoms with van der Waals surface area (Å²) in [6.45, 7) is 3.70. The van der Waals surface area contributed by atoms with Crippen LogP contribution in [0.15, 0.2) is 30.5 Å². The van der Waals surface area contributed by atoms with Gasteiger partial charge < -0.3 is 25.6 Å². The molecule has 1 amide bonds. The van der Waals surface area contributed by atoms with Crippen LogP contribution in [0.1, 0.15) is 10.5 Å². The van der Waals surface area contributed by atoms with Gasteiger partial charge in [0.05, 0.1) is 11.9 Å². The molecule has 9 nitrogen and oxygen atoms in total. The van der Waals surface area contributed by atoms with Crippen LogP contribution in [-0.4, -0.2) is 47.0 Å². The normalized spacial score (nSPS) is 14.5. The maximum absolute atomic E-state index is 12.0. The molecule has 0 radical (unpaired) electrons. The number of nitro groups is 1. The van der Waals surface area contributed by atoms with Gasteiger partial charge in [0.1, 0.15) is 5.82 Å². The summed E-state index contributed by atoms with van der Waals surface area (Å²) in [6.07, 6.45) is 1.71. The Labute approximate surface area is 131 Å². The van der Waals surface area contributed by atoms with Gasteiger partial charge in [-0.2, -0.15) is 0 Å². The SMILES string of the molecule is O=C(Nc1ccc(N2CCNCC2)cn1)c1ccc([N+](=O)[O-])[nH]1. The largest absolute Gasteiger partial charge is 0.368 e. The van der Waals surface area contributed by atoms with Gasteiger partial charge in [-0.05, 0) is 23.1 Å². The minimum Gasteiger partial charge on any atom is -0.368 e. The molecule has 2 aromatic rings. The lowest BCUT2D eigenvalue weighted by atomic mass is 10.3. The smallest absolute Gasteiger partial charge is 0.321 e. The Kier molecular flexibility index (Phi) is 4.20. The topological polar surface area (TPSA) is 116 Å². The Hall–Kier alpha value is -2.94. The van der Waals surface area contributed by atoms with Crippen LogP contribution in [0.2, 0.25) is 0 Å². The van der Waals surface area contributed by atoms with Crippen molar-refractivity contribution in [2.75, 3.05) is 36.4 Å². The van der Waals surface area contributed by atoms with Crippen LogP contribution in [0.25, 0.3) is 0 Å². The lowest BCUT2D eigenvalue weighted by Crippen LogP contribution is -2.43. The molecule has 0 bridgehead atoms. The zero-order valence-corrected chi connectivity index (χ0v) is 12.3. The fraction of sp³-hybridized carbons (Fsp3) is 0.286. The molecule has 1 aliphatic heterocycles. The molecule has 0 saturated carbocycles.